The SMILES string of the molecule is CC(N)C(C)(C)Nc1nccn2nc(C(F)(F)F)cc12. The first-order valence-electron chi connectivity index (χ1n) is 6.06. The van der Waals surface area contributed by atoms with Crippen molar-refractivity contribution in [1.29, 1.82) is 0 Å². The van der Waals surface area contributed by atoms with Crippen LogP contribution >= 0.6 is 0 Å². The third-order valence-electron chi connectivity index (χ3n) is 3.26. The van der Waals surface area contributed by atoms with Gasteiger partial charge in [-0.2, -0.15) is 18.3 Å². The summed E-state index contributed by atoms with van der Waals surface area (Å²) in [7, 11) is 0. The van der Waals surface area contributed by atoms with Gasteiger partial charge >= 0.3 is 6.18 Å². The second kappa shape index (κ2) is 4.62. The number of alkyl halides is 3. The van der Waals surface area contributed by atoms with E-state index in [1.165, 1.54) is 12.4 Å². The third-order valence-corrected chi connectivity index (χ3v) is 3.26. The quantitative estimate of drug-likeness (QED) is 0.908. The fourth-order valence-corrected chi connectivity index (χ4v) is 1.58. The van der Waals surface area contributed by atoms with E-state index >= 15 is 0 Å². The predicted molar refractivity (Wildman–Crippen MR) is 69.3 cm³/mol. The zero-order valence-corrected chi connectivity index (χ0v) is 11.4. The molecule has 110 valence electrons. The van der Waals surface area contributed by atoms with Crippen LogP contribution in [0.15, 0.2) is 18.5 Å². The van der Waals surface area contributed by atoms with E-state index in [1.807, 2.05) is 20.8 Å². The van der Waals surface area contributed by atoms with Gasteiger partial charge in [-0.25, -0.2) is 9.50 Å². The number of nitrogens with two attached hydrogens (primary N) is 1. The average Bonchev–Trinajstić information content (AvgIpc) is 2.73. The fourth-order valence-electron chi connectivity index (χ4n) is 1.58. The number of halogens is 3. The first-order chi connectivity index (χ1) is 9.11. The van der Waals surface area contributed by atoms with E-state index in [-0.39, 0.29) is 11.6 Å². The van der Waals surface area contributed by atoms with Gasteiger partial charge in [0, 0.05) is 30.0 Å². The van der Waals surface area contributed by atoms with Crippen LogP contribution in [-0.2, 0) is 6.18 Å². The number of hydrogen-bond acceptors (Lipinski definition) is 4. The molecule has 2 aromatic heterocycles. The lowest BCUT2D eigenvalue weighted by Gasteiger charge is -2.31. The Balaban J connectivity index is 2.47. The lowest BCUT2D eigenvalue weighted by molar-refractivity contribution is -0.141. The van der Waals surface area contributed by atoms with Crippen molar-refractivity contribution in [2.75, 3.05) is 5.32 Å². The largest absolute Gasteiger partial charge is 0.435 e. The number of anilines is 1. The zero-order chi connectivity index (χ0) is 15.1. The molecule has 20 heavy (non-hydrogen) atoms. The van der Waals surface area contributed by atoms with Crippen LogP contribution in [-0.4, -0.2) is 26.2 Å². The van der Waals surface area contributed by atoms with Gasteiger partial charge in [-0.05, 0) is 20.8 Å². The second-order valence-corrected chi connectivity index (χ2v) is 5.27. The van der Waals surface area contributed by atoms with Crippen molar-refractivity contribution < 1.29 is 13.2 Å². The first kappa shape index (κ1) is 14.6. The van der Waals surface area contributed by atoms with E-state index < -0.39 is 17.4 Å². The summed E-state index contributed by atoms with van der Waals surface area (Å²) in [5, 5.41) is 6.56. The van der Waals surface area contributed by atoms with Crippen molar-refractivity contribution >= 4 is 11.3 Å². The maximum absolute atomic E-state index is 12.7. The standard InChI is InChI=1S/C12H16F3N5/c1-7(16)11(2,3)18-10-8-6-9(12(13,14)15)19-20(8)5-4-17-10/h4-7H,16H2,1-3H3,(H,17,18). The smallest absolute Gasteiger partial charge is 0.362 e. The zero-order valence-electron chi connectivity index (χ0n) is 11.4. The third kappa shape index (κ3) is 2.69. The van der Waals surface area contributed by atoms with Crippen molar-refractivity contribution in [1.82, 2.24) is 14.6 Å². The summed E-state index contributed by atoms with van der Waals surface area (Å²) in [6.45, 7) is 5.51. The topological polar surface area (TPSA) is 68.2 Å². The van der Waals surface area contributed by atoms with E-state index in [0.29, 0.717) is 5.82 Å². The minimum atomic E-state index is -4.49. The number of nitrogens with one attached hydrogen (secondary N) is 1. The molecule has 0 aliphatic heterocycles. The van der Waals surface area contributed by atoms with E-state index in [4.69, 9.17) is 5.73 Å². The molecular weight excluding hydrogens is 271 g/mol. The molecule has 3 N–H and O–H groups in total. The summed E-state index contributed by atoms with van der Waals surface area (Å²) in [6, 6.07) is 0.752. The molecule has 0 aliphatic rings. The molecule has 0 bridgehead atoms. The molecule has 1 unspecified atom stereocenters. The van der Waals surface area contributed by atoms with Crippen LogP contribution < -0.4 is 11.1 Å². The lowest BCUT2D eigenvalue weighted by Crippen LogP contribution is -2.47. The van der Waals surface area contributed by atoms with Crippen LogP contribution in [0.2, 0.25) is 0 Å². The summed E-state index contributed by atoms with van der Waals surface area (Å²) in [5.41, 5.74) is 4.63. The molecule has 2 aromatic rings. The van der Waals surface area contributed by atoms with Crippen molar-refractivity contribution in [3.8, 4) is 0 Å². The summed E-state index contributed by atoms with van der Waals surface area (Å²) >= 11 is 0. The van der Waals surface area contributed by atoms with Crippen LogP contribution in [0, 0.1) is 0 Å². The van der Waals surface area contributed by atoms with Gasteiger partial charge in [-0.15, -0.1) is 0 Å². The van der Waals surface area contributed by atoms with Gasteiger partial charge in [-0.1, -0.05) is 0 Å². The van der Waals surface area contributed by atoms with E-state index in [2.05, 4.69) is 15.4 Å². The Morgan fingerprint density at radius 1 is 1.35 bits per heavy atom. The van der Waals surface area contributed by atoms with Gasteiger partial charge in [0.1, 0.15) is 5.52 Å². The highest BCUT2D eigenvalue weighted by atomic mass is 19.4. The summed E-state index contributed by atoms with van der Waals surface area (Å²) in [6.07, 6.45) is -1.73. The molecular formula is C12H16F3N5. The molecule has 0 aromatic carbocycles. The highest BCUT2D eigenvalue weighted by Crippen LogP contribution is 2.30. The Morgan fingerprint density at radius 2 is 2.00 bits per heavy atom. The minimum Gasteiger partial charge on any atom is -0.362 e. The van der Waals surface area contributed by atoms with Crippen LogP contribution in [0.1, 0.15) is 26.5 Å². The molecule has 0 amide bonds. The second-order valence-electron chi connectivity index (χ2n) is 5.27. The number of nitrogens with zero attached hydrogens (tertiary/aromatic N) is 3. The van der Waals surface area contributed by atoms with Crippen molar-refractivity contribution in [2.24, 2.45) is 5.73 Å². The summed E-state index contributed by atoms with van der Waals surface area (Å²) in [4.78, 5) is 4.08. The first-order valence-corrected chi connectivity index (χ1v) is 6.06. The molecule has 2 rings (SSSR count). The lowest BCUT2D eigenvalue weighted by atomic mass is 9.97. The Morgan fingerprint density at radius 3 is 2.55 bits per heavy atom. The monoisotopic (exact) mass is 287 g/mol. The van der Waals surface area contributed by atoms with Crippen LogP contribution in [0.3, 0.4) is 0 Å². The van der Waals surface area contributed by atoms with Crippen LogP contribution in [0.4, 0.5) is 19.0 Å². The molecule has 1 atom stereocenters. The van der Waals surface area contributed by atoms with Gasteiger partial charge in [0.15, 0.2) is 11.5 Å². The van der Waals surface area contributed by atoms with Gasteiger partial charge in [0.25, 0.3) is 0 Å². The maximum atomic E-state index is 12.7. The average molecular weight is 287 g/mol. The number of hydrogen-bond donors (Lipinski definition) is 2. The Hall–Kier alpha value is -1.83. The summed E-state index contributed by atoms with van der Waals surface area (Å²) in [5.74, 6) is 0.317. The van der Waals surface area contributed by atoms with E-state index in [0.717, 1.165) is 10.6 Å². The fraction of sp³-hybridized carbons (Fsp3) is 0.500. The summed E-state index contributed by atoms with van der Waals surface area (Å²) < 4.78 is 39.2. The molecule has 0 saturated carbocycles. The molecule has 0 saturated heterocycles. The van der Waals surface area contributed by atoms with Crippen LogP contribution in [0.25, 0.3) is 5.52 Å². The van der Waals surface area contributed by atoms with E-state index in [9.17, 15) is 13.2 Å². The minimum absolute atomic E-state index is 0.213. The molecule has 0 radical (unpaired) electrons. The number of fused-ring (bicyclic) bond motifs is 1. The van der Waals surface area contributed by atoms with Gasteiger partial charge < -0.3 is 11.1 Å². The molecule has 8 heteroatoms. The predicted octanol–water partition coefficient (Wildman–Crippen LogP) is 2.29. The van der Waals surface area contributed by atoms with Crippen molar-refractivity contribution in [3.05, 3.63) is 24.2 Å². The number of aromatic nitrogens is 3. The van der Waals surface area contributed by atoms with Gasteiger partial charge in [0.05, 0.1) is 0 Å². The molecule has 0 spiro atoms. The Bertz CT molecular complexity index is 615. The Labute approximate surface area is 114 Å². The normalized spacial score (nSPS) is 14.6. The maximum Gasteiger partial charge on any atom is 0.435 e. The molecule has 2 heterocycles. The van der Waals surface area contributed by atoms with Gasteiger partial charge in [0.2, 0.25) is 0 Å². The van der Waals surface area contributed by atoms with Crippen molar-refractivity contribution in [3.63, 3.8) is 0 Å². The van der Waals surface area contributed by atoms with Gasteiger partial charge in [-0.3, -0.25) is 0 Å². The molecule has 0 fully saturated rings. The Kier molecular flexibility index (Phi) is 3.37. The number of rotatable bonds is 3. The van der Waals surface area contributed by atoms with Crippen LogP contribution in [0.5, 0.6) is 0 Å². The highest BCUT2D eigenvalue weighted by molar-refractivity contribution is 5.68. The highest BCUT2D eigenvalue weighted by Gasteiger charge is 2.34. The van der Waals surface area contributed by atoms with E-state index in [1.54, 1.807) is 0 Å². The molecule has 5 nitrogen and oxygen atoms in total. The van der Waals surface area contributed by atoms with Crippen molar-refractivity contribution in [2.45, 2.75) is 38.5 Å². The molecule has 0 aliphatic carbocycles.